The summed E-state index contributed by atoms with van der Waals surface area (Å²) in [5.41, 5.74) is 22.5. The van der Waals surface area contributed by atoms with Crippen molar-refractivity contribution in [1.82, 2.24) is 42.1 Å². The number of primary amides is 2. The van der Waals surface area contributed by atoms with Crippen molar-refractivity contribution < 1.29 is 47.9 Å². The maximum Gasteiger partial charge on any atom is 0.246 e. The molecule has 0 bridgehead atoms. The van der Waals surface area contributed by atoms with Crippen LogP contribution in [-0.2, 0) is 54.4 Å². The second-order valence-electron chi connectivity index (χ2n) is 19.5. The second kappa shape index (κ2) is 29.7. The van der Waals surface area contributed by atoms with E-state index in [9.17, 15) is 47.9 Å². The molecule has 1 saturated carbocycles. The summed E-state index contributed by atoms with van der Waals surface area (Å²) in [7, 11) is 2.63. The van der Waals surface area contributed by atoms with Crippen LogP contribution in [-0.4, -0.2) is 142 Å². The highest BCUT2D eigenvalue weighted by Crippen LogP contribution is 2.48. The van der Waals surface area contributed by atoms with Crippen molar-refractivity contribution in [2.45, 2.75) is 165 Å². The van der Waals surface area contributed by atoms with E-state index in [-0.39, 0.29) is 68.7 Å². The van der Waals surface area contributed by atoms with Crippen molar-refractivity contribution in [1.29, 1.82) is 0 Å². The van der Waals surface area contributed by atoms with Crippen LogP contribution in [0.5, 0.6) is 0 Å². The number of aliphatic imine (C=N–C) groups is 1. The molecule has 2 heterocycles. The Bertz CT molecular complexity index is 2180. The highest BCUT2D eigenvalue weighted by molar-refractivity contribution is 8.77. The first-order chi connectivity index (χ1) is 35.2. The minimum absolute atomic E-state index is 0.0155. The zero-order valence-corrected chi connectivity index (χ0v) is 44.5. The van der Waals surface area contributed by atoms with Crippen LogP contribution in [0.25, 0.3) is 0 Å². The molecule has 3 fully saturated rings. The lowest BCUT2D eigenvalue weighted by Crippen LogP contribution is -2.62. The molecule has 1 aliphatic carbocycles. The maximum absolute atomic E-state index is 14.9. The molecule has 3 aliphatic rings. The minimum Gasteiger partial charge on any atom is -0.370 e. The first kappa shape index (κ1) is 60.4. The smallest absolute Gasteiger partial charge is 0.246 e. The lowest BCUT2D eigenvalue weighted by Gasteiger charge is -2.37. The van der Waals surface area contributed by atoms with Gasteiger partial charge in [-0.2, -0.15) is 0 Å². The Hall–Kier alpha value is -6.11. The Morgan fingerprint density at radius 3 is 2.01 bits per heavy atom. The van der Waals surface area contributed by atoms with Crippen LogP contribution in [0.2, 0.25) is 0 Å². The molecule has 10 amide bonds. The maximum atomic E-state index is 14.9. The van der Waals surface area contributed by atoms with Crippen LogP contribution in [0, 0.1) is 11.8 Å². The number of nitrogens with one attached hydrogen (secondary N) is 7. The molecule has 1 aromatic carbocycles. The Morgan fingerprint density at radius 1 is 0.784 bits per heavy atom. The molecule has 0 aromatic heterocycles. The van der Waals surface area contributed by atoms with Crippen LogP contribution < -0.4 is 60.2 Å². The first-order valence-electron chi connectivity index (χ1n) is 25.5. The number of carbonyl (C=O) groups is 10. The van der Waals surface area contributed by atoms with Crippen LogP contribution >= 0.6 is 21.6 Å². The monoisotopic (exact) mass is 1070 g/mol. The number of nitrogens with two attached hydrogens (primary N) is 4. The summed E-state index contributed by atoms with van der Waals surface area (Å²) in [6.07, 6.45) is 4.89. The molecule has 9 atom stereocenters. The van der Waals surface area contributed by atoms with Gasteiger partial charge in [0.2, 0.25) is 59.1 Å². The van der Waals surface area contributed by atoms with Gasteiger partial charge in [-0.25, -0.2) is 0 Å². The summed E-state index contributed by atoms with van der Waals surface area (Å²) in [6.45, 7) is 6.94. The molecule has 410 valence electrons. The molecule has 2 aliphatic heterocycles. The number of likely N-dealkylation sites (tertiary alicyclic amines) is 1. The van der Waals surface area contributed by atoms with Gasteiger partial charge in [0, 0.05) is 36.4 Å². The van der Waals surface area contributed by atoms with Crippen molar-refractivity contribution in [3.8, 4) is 0 Å². The molecule has 25 heteroatoms. The number of rotatable bonds is 18. The molecule has 2 saturated heterocycles. The van der Waals surface area contributed by atoms with Gasteiger partial charge in [0.25, 0.3) is 0 Å². The van der Waals surface area contributed by atoms with E-state index in [1.165, 1.54) is 26.5 Å². The Kier molecular flexibility index (Phi) is 24.3. The molecule has 74 heavy (non-hydrogen) atoms. The summed E-state index contributed by atoms with van der Waals surface area (Å²) in [5.74, 6) is -8.47. The van der Waals surface area contributed by atoms with Gasteiger partial charge in [-0.15, -0.1) is 0 Å². The fourth-order valence-electron chi connectivity index (χ4n) is 9.17. The summed E-state index contributed by atoms with van der Waals surface area (Å²) in [5, 5.41) is 19.1. The SMILES string of the molecule is CC[C@H](C)[C@@H]1NC(=O)CC2(CCCCC2)SSC[C@@H](C(=O)N2CCC[C@@H]2C(=O)N[C@@H](CCCN=C(N)N)C(=O)NCC(N)=O)NC(=O)[C@H](CC(N)=O)NC(=O)[C@H]([C@@H](C)CC)NC(=O)[C@@H](Cc2ccccc2)NC1=O. The quantitative estimate of drug-likeness (QED) is 0.0373. The predicted molar refractivity (Wildman–Crippen MR) is 282 cm³/mol. The number of hydrogen-bond acceptors (Lipinski definition) is 13. The summed E-state index contributed by atoms with van der Waals surface area (Å²) < 4.78 is -0.660. The third-order valence-corrected chi connectivity index (χ3v) is 17.1. The lowest BCUT2D eigenvalue weighted by molar-refractivity contribution is -0.142. The van der Waals surface area contributed by atoms with E-state index >= 15 is 0 Å². The van der Waals surface area contributed by atoms with Crippen LogP contribution in [0.4, 0.5) is 0 Å². The fourth-order valence-corrected chi connectivity index (χ4v) is 12.5. The van der Waals surface area contributed by atoms with Crippen molar-refractivity contribution >= 4 is 86.6 Å². The van der Waals surface area contributed by atoms with Gasteiger partial charge in [0.15, 0.2) is 5.96 Å². The molecular weight excluding hydrogens is 995 g/mol. The van der Waals surface area contributed by atoms with Crippen LogP contribution in [0.15, 0.2) is 35.3 Å². The van der Waals surface area contributed by atoms with Gasteiger partial charge in [-0.1, -0.05) is 112 Å². The Morgan fingerprint density at radius 2 is 1.41 bits per heavy atom. The van der Waals surface area contributed by atoms with E-state index in [1.807, 2.05) is 19.9 Å². The molecule has 4 rings (SSSR count). The molecule has 0 radical (unpaired) electrons. The summed E-state index contributed by atoms with van der Waals surface area (Å²) in [4.78, 5) is 143. The third kappa shape index (κ3) is 18.7. The predicted octanol–water partition coefficient (Wildman–Crippen LogP) is -0.760. The van der Waals surface area contributed by atoms with E-state index in [0.29, 0.717) is 37.7 Å². The highest BCUT2D eigenvalue weighted by Gasteiger charge is 2.43. The molecule has 1 spiro atoms. The van der Waals surface area contributed by atoms with Crippen molar-refractivity contribution in [3.05, 3.63) is 35.9 Å². The van der Waals surface area contributed by atoms with Gasteiger partial charge < -0.3 is 65.1 Å². The summed E-state index contributed by atoms with van der Waals surface area (Å²) in [6, 6.07) is 0.110. The van der Waals surface area contributed by atoms with Crippen LogP contribution in [0.1, 0.15) is 117 Å². The van der Waals surface area contributed by atoms with Gasteiger partial charge in [0.1, 0.15) is 42.3 Å². The van der Waals surface area contributed by atoms with E-state index in [0.717, 1.165) is 19.3 Å². The van der Waals surface area contributed by atoms with Gasteiger partial charge in [0.05, 0.1) is 13.0 Å². The van der Waals surface area contributed by atoms with Crippen LogP contribution in [0.3, 0.4) is 0 Å². The Labute approximate surface area is 440 Å². The van der Waals surface area contributed by atoms with E-state index in [1.54, 1.807) is 38.1 Å². The average Bonchev–Trinajstić information content (AvgIpc) is 3.86. The normalized spacial score (nSPS) is 24.5. The number of guanidine groups is 1. The zero-order valence-electron chi connectivity index (χ0n) is 42.9. The van der Waals surface area contributed by atoms with Gasteiger partial charge in [-0.05, 0) is 55.9 Å². The molecule has 0 unspecified atom stereocenters. The molecular formula is C49H77N13O10S2. The number of carbonyl (C=O) groups excluding carboxylic acids is 10. The summed E-state index contributed by atoms with van der Waals surface area (Å²) >= 11 is 0. The standard InChI is InChI=1S/C49H77N13O10S2/c1-5-28(3)39-45(70)57-32(23-30-15-9-7-10-16-30)43(68)61-40(29(4)6-2)46(71)58-33(24-36(50)63)42(67)59-34(27-73-74-49(25-38(65)60-39)19-11-8-12-20-49)47(72)62-22-14-18-35(62)44(69)56-31(17-13-21-54-48(52)53)41(66)55-26-37(51)64/h7,9-10,15-16,28-29,31-35,39-40H,5-6,8,11-14,17-27H2,1-4H3,(H2,50,63)(H2,51,64)(H,55,66)(H,56,69)(H,57,70)(H,58,71)(H,59,67)(H,60,65)(H,61,68)(H4,52,53,54)/t28-,29-,31-,32+,33-,34-,35+,39-,40-/m0/s1. The number of hydrogen-bond donors (Lipinski definition) is 11. The van der Waals surface area contributed by atoms with Gasteiger partial charge >= 0.3 is 0 Å². The topological polar surface area (TPSA) is 375 Å². The lowest BCUT2D eigenvalue weighted by atomic mass is 9.85. The molecule has 23 nitrogen and oxygen atoms in total. The number of benzene rings is 1. The van der Waals surface area contributed by atoms with E-state index in [4.69, 9.17) is 22.9 Å². The highest BCUT2D eigenvalue weighted by atomic mass is 33.1. The minimum atomic E-state index is -1.64. The third-order valence-electron chi connectivity index (χ3n) is 13.7. The molecule has 15 N–H and O–H groups in total. The zero-order chi connectivity index (χ0) is 54.5. The first-order valence-corrected chi connectivity index (χ1v) is 27.8. The van der Waals surface area contributed by atoms with Crippen molar-refractivity contribution in [3.63, 3.8) is 0 Å². The largest absolute Gasteiger partial charge is 0.370 e. The molecule has 1 aromatic rings. The number of nitrogens with zero attached hydrogens (tertiary/aromatic N) is 2. The fraction of sp³-hybridized carbons (Fsp3) is 0.653. The van der Waals surface area contributed by atoms with Crippen molar-refractivity contribution in [2.24, 2.45) is 39.8 Å². The van der Waals surface area contributed by atoms with E-state index < -0.39 is 119 Å². The van der Waals surface area contributed by atoms with Gasteiger partial charge in [-0.3, -0.25) is 52.9 Å². The Balaban J connectivity index is 1.75. The van der Waals surface area contributed by atoms with Crippen molar-refractivity contribution in [2.75, 3.05) is 25.4 Å². The second-order valence-corrected chi connectivity index (χ2v) is 22.3. The average molecular weight is 1070 g/mol. The van der Waals surface area contributed by atoms with E-state index in [2.05, 4.69) is 42.2 Å². The number of amides is 10.